The lowest BCUT2D eigenvalue weighted by atomic mass is 10.2. The molecule has 64 valence electrons. The summed E-state index contributed by atoms with van der Waals surface area (Å²) in [7, 11) is 0. The van der Waals surface area contributed by atoms with Crippen LogP contribution in [0.4, 0.5) is 0 Å². The van der Waals surface area contributed by atoms with Crippen molar-refractivity contribution in [2.45, 2.75) is 19.3 Å². The van der Waals surface area contributed by atoms with Crippen molar-refractivity contribution in [3.05, 3.63) is 13.2 Å². The zero-order valence-corrected chi connectivity index (χ0v) is 6.25. The van der Waals surface area contributed by atoms with E-state index in [1.807, 2.05) is 0 Å². The number of rotatable bonds is 4. The van der Waals surface area contributed by atoms with Crippen LogP contribution in [0.2, 0.25) is 0 Å². The molecule has 11 heavy (non-hydrogen) atoms. The predicted octanol–water partition coefficient (Wildman–Crippen LogP) is 1.13. The van der Waals surface area contributed by atoms with E-state index in [-0.39, 0.29) is 19.3 Å². The topological polar surface area (TPSA) is 74.6 Å². The van der Waals surface area contributed by atoms with Crippen LogP contribution in [0.3, 0.4) is 0 Å². The molecule has 0 heterocycles. The van der Waals surface area contributed by atoms with E-state index in [1.54, 1.807) is 0 Å². The van der Waals surface area contributed by atoms with Gasteiger partial charge in [0.2, 0.25) is 0 Å². The Balaban J connectivity index is 0. The molecule has 0 amide bonds. The van der Waals surface area contributed by atoms with Crippen LogP contribution in [-0.4, -0.2) is 22.2 Å². The van der Waals surface area contributed by atoms with Crippen LogP contribution in [0, 0.1) is 0 Å². The molecule has 0 aliphatic rings. The molecular weight excluding hydrogens is 148 g/mol. The van der Waals surface area contributed by atoms with Crippen molar-refractivity contribution in [2.75, 3.05) is 0 Å². The first-order chi connectivity index (χ1) is 5.13. The lowest BCUT2D eigenvalue weighted by Crippen LogP contribution is -1.98. The molecule has 0 bridgehead atoms. The maximum absolute atomic E-state index is 9.79. The number of carbonyl (C=O) groups is 2. The second-order valence-corrected chi connectivity index (χ2v) is 1.64. The van der Waals surface area contributed by atoms with Gasteiger partial charge in [-0.25, -0.2) is 0 Å². The van der Waals surface area contributed by atoms with Gasteiger partial charge in [-0.2, -0.15) is 0 Å². The van der Waals surface area contributed by atoms with Gasteiger partial charge in [0.15, 0.2) is 0 Å². The SMILES string of the molecule is C=C.O=C(O)CCCC(=O)O. The van der Waals surface area contributed by atoms with Gasteiger partial charge in [0.1, 0.15) is 0 Å². The summed E-state index contributed by atoms with van der Waals surface area (Å²) in [6.45, 7) is 6.00. The van der Waals surface area contributed by atoms with Crippen LogP contribution in [-0.2, 0) is 9.59 Å². The van der Waals surface area contributed by atoms with E-state index >= 15 is 0 Å². The Morgan fingerprint density at radius 3 is 1.45 bits per heavy atom. The Morgan fingerprint density at radius 2 is 1.27 bits per heavy atom. The Hall–Kier alpha value is -1.32. The first-order valence-corrected chi connectivity index (χ1v) is 3.06. The molecule has 0 unspecified atom stereocenters. The number of carboxylic acid groups (broad SMARTS) is 2. The molecule has 0 saturated heterocycles. The maximum atomic E-state index is 9.79. The predicted molar refractivity (Wildman–Crippen MR) is 40.4 cm³/mol. The fraction of sp³-hybridized carbons (Fsp3) is 0.429. The Morgan fingerprint density at radius 1 is 1.00 bits per heavy atom. The molecule has 0 rings (SSSR count). The molecule has 4 heteroatoms. The van der Waals surface area contributed by atoms with Crippen LogP contribution in [0.25, 0.3) is 0 Å². The molecule has 0 atom stereocenters. The highest BCUT2D eigenvalue weighted by Crippen LogP contribution is 1.93. The van der Waals surface area contributed by atoms with Crippen molar-refractivity contribution in [3.63, 3.8) is 0 Å². The molecular formula is C7H12O4. The van der Waals surface area contributed by atoms with E-state index in [2.05, 4.69) is 13.2 Å². The Bertz CT molecular complexity index is 116. The van der Waals surface area contributed by atoms with Crippen molar-refractivity contribution in [3.8, 4) is 0 Å². The van der Waals surface area contributed by atoms with Crippen LogP contribution in [0.1, 0.15) is 19.3 Å². The minimum atomic E-state index is -0.948. The van der Waals surface area contributed by atoms with E-state index in [4.69, 9.17) is 10.2 Å². The van der Waals surface area contributed by atoms with Crippen molar-refractivity contribution < 1.29 is 19.8 Å². The smallest absolute Gasteiger partial charge is 0.303 e. The van der Waals surface area contributed by atoms with E-state index < -0.39 is 11.9 Å². The van der Waals surface area contributed by atoms with Gasteiger partial charge in [0.25, 0.3) is 0 Å². The molecule has 0 spiro atoms. The van der Waals surface area contributed by atoms with Crippen LogP contribution in [0.5, 0.6) is 0 Å². The monoisotopic (exact) mass is 160 g/mol. The van der Waals surface area contributed by atoms with Crippen LogP contribution in [0.15, 0.2) is 13.2 Å². The molecule has 0 aliphatic heterocycles. The number of hydrogen-bond donors (Lipinski definition) is 2. The lowest BCUT2D eigenvalue weighted by molar-refractivity contribution is -0.138. The van der Waals surface area contributed by atoms with E-state index in [0.717, 1.165) is 0 Å². The summed E-state index contributed by atoms with van der Waals surface area (Å²) in [5.41, 5.74) is 0. The van der Waals surface area contributed by atoms with E-state index in [1.165, 1.54) is 0 Å². The highest BCUT2D eigenvalue weighted by atomic mass is 16.4. The van der Waals surface area contributed by atoms with E-state index in [9.17, 15) is 9.59 Å². The van der Waals surface area contributed by atoms with Gasteiger partial charge in [-0.05, 0) is 6.42 Å². The molecule has 0 aromatic heterocycles. The summed E-state index contributed by atoms with van der Waals surface area (Å²) in [6, 6.07) is 0. The third-order valence-corrected chi connectivity index (χ3v) is 0.781. The quantitative estimate of drug-likeness (QED) is 0.604. The molecule has 0 aromatic rings. The third kappa shape index (κ3) is 17.7. The lowest BCUT2D eigenvalue weighted by Gasteiger charge is -1.89. The molecule has 0 fully saturated rings. The fourth-order valence-electron chi connectivity index (χ4n) is 0.391. The highest BCUT2D eigenvalue weighted by Gasteiger charge is 1.99. The van der Waals surface area contributed by atoms with Gasteiger partial charge in [-0.1, -0.05) is 0 Å². The van der Waals surface area contributed by atoms with Gasteiger partial charge in [0.05, 0.1) is 0 Å². The van der Waals surface area contributed by atoms with Crippen molar-refractivity contribution in [2.24, 2.45) is 0 Å². The Labute approximate surface area is 65.2 Å². The molecule has 0 radical (unpaired) electrons. The summed E-state index contributed by atoms with van der Waals surface area (Å²) < 4.78 is 0. The first-order valence-electron chi connectivity index (χ1n) is 3.06. The van der Waals surface area contributed by atoms with Gasteiger partial charge < -0.3 is 10.2 Å². The standard InChI is InChI=1S/C5H8O4.C2H4/c6-4(7)2-1-3-5(8)9;1-2/h1-3H2,(H,6,7)(H,8,9);1-2H2. The number of aliphatic carboxylic acids is 2. The highest BCUT2D eigenvalue weighted by molar-refractivity contribution is 5.69. The maximum Gasteiger partial charge on any atom is 0.303 e. The summed E-state index contributed by atoms with van der Waals surface area (Å²) in [5, 5.41) is 16.1. The first kappa shape index (κ1) is 12.4. The fourth-order valence-corrected chi connectivity index (χ4v) is 0.391. The van der Waals surface area contributed by atoms with Crippen LogP contribution < -0.4 is 0 Å². The average molecular weight is 160 g/mol. The molecule has 4 nitrogen and oxygen atoms in total. The zero-order chi connectivity index (χ0) is 9.28. The van der Waals surface area contributed by atoms with Gasteiger partial charge in [-0.3, -0.25) is 9.59 Å². The van der Waals surface area contributed by atoms with Gasteiger partial charge >= 0.3 is 11.9 Å². The minimum Gasteiger partial charge on any atom is -0.481 e. The Kier molecular flexibility index (Phi) is 9.76. The van der Waals surface area contributed by atoms with Gasteiger partial charge in [-0.15, -0.1) is 13.2 Å². The number of carboxylic acids is 2. The minimum absolute atomic E-state index is 0.0632. The summed E-state index contributed by atoms with van der Waals surface area (Å²) in [6.07, 6.45) is 0.0866. The van der Waals surface area contributed by atoms with Crippen LogP contribution >= 0.6 is 0 Å². The van der Waals surface area contributed by atoms with Gasteiger partial charge in [0, 0.05) is 12.8 Å². The van der Waals surface area contributed by atoms with Crippen molar-refractivity contribution >= 4 is 11.9 Å². The zero-order valence-electron chi connectivity index (χ0n) is 6.25. The van der Waals surface area contributed by atoms with Crippen molar-refractivity contribution in [1.29, 1.82) is 0 Å². The summed E-state index contributed by atoms with van der Waals surface area (Å²) in [5.74, 6) is -1.90. The number of hydrogen-bond acceptors (Lipinski definition) is 2. The molecule has 0 aliphatic carbocycles. The van der Waals surface area contributed by atoms with E-state index in [0.29, 0.717) is 0 Å². The molecule has 0 aromatic carbocycles. The summed E-state index contributed by atoms with van der Waals surface area (Å²) >= 11 is 0. The largest absolute Gasteiger partial charge is 0.481 e. The normalized spacial score (nSPS) is 7.64. The molecule has 0 saturated carbocycles. The summed E-state index contributed by atoms with van der Waals surface area (Å²) in [4.78, 5) is 19.6. The third-order valence-electron chi connectivity index (χ3n) is 0.781. The average Bonchev–Trinajstić information content (AvgIpc) is 1.90. The second-order valence-electron chi connectivity index (χ2n) is 1.64. The molecule has 2 N–H and O–H groups in total. The van der Waals surface area contributed by atoms with Crippen molar-refractivity contribution in [1.82, 2.24) is 0 Å². The second kappa shape index (κ2) is 8.68.